The molecule has 1 N–H and O–H groups in total. The Bertz CT molecular complexity index is 933. The second-order valence-corrected chi connectivity index (χ2v) is 8.01. The molecule has 3 aromatic heterocycles. The Hall–Kier alpha value is -2.40. The smallest absolute Gasteiger partial charge is 0.138 e. The normalized spacial score (nSPS) is 19.2. The molecule has 0 spiro atoms. The maximum absolute atomic E-state index is 4.94. The van der Waals surface area contributed by atoms with Crippen molar-refractivity contribution in [2.75, 3.05) is 38.1 Å². The van der Waals surface area contributed by atoms with Crippen molar-refractivity contribution in [1.29, 1.82) is 0 Å². The van der Waals surface area contributed by atoms with Gasteiger partial charge in [-0.15, -0.1) is 0 Å². The molecule has 0 amide bonds. The monoisotopic (exact) mass is 361 g/mol. The Morgan fingerprint density at radius 1 is 1.04 bits per heavy atom. The summed E-state index contributed by atoms with van der Waals surface area (Å²) < 4.78 is 0. The van der Waals surface area contributed by atoms with E-state index in [1.807, 2.05) is 6.20 Å². The van der Waals surface area contributed by atoms with Gasteiger partial charge >= 0.3 is 0 Å². The van der Waals surface area contributed by atoms with Gasteiger partial charge in [-0.3, -0.25) is 0 Å². The van der Waals surface area contributed by atoms with Crippen LogP contribution in [0, 0.1) is 0 Å². The van der Waals surface area contributed by atoms with Crippen LogP contribution in [-0.4, -0.2) is 53.1 Å². The summed E-state index contributed by atoms with van der Waals surface area (Å²) in [4.78, 5) is 17.7. The zero-order chi connectivity index (χ0) is 18.2. The van der Waals surface area contributed by atoms with Gasteiger partial charge in [0.05, 0.1) is 0 Å². The minimum Gasteiger partial charge on any atom is -0.354 e. The standard InChI is InChI=1S/C22H27N5/c1-26-10-12-27(13-11-26)21-14-17(8-9-23-21)19-15-24-22-18(19)6-7-20(25-22)16-4-2-3-5-16/h6-9,14-16H,2-5,10-13H2,1H3,(H,24,25). The number of hydrogen-bond acceptors (Lipinski definition) is 4. The number of aromatic amines is 1. The van der Waals surface area contributed by atoms with Crippen LogP contribution in [0.15, 0.2) is 36.7 Å². The Balaban J connectivity index is 1.45. The highest BCUT2D eigenvalue weighted by Gasteiger charge is 2.20. The molecular weight excluding hydrogens is 334 g/mol. The summed E-state index contributed by atoms with van der Waals surface area (Å²) in [6.07, 6.45) is 9.27. The van der Waals surface area contributed by atoms with Crippen molar-refractivity contribution in [3.05, 3.63) is 42.4 Å². The van der Waals surface area contributed by atoms with Crippen molar-refractivity contribution >= 4 is 16.9 Å². The molecule has 4 heterocycles. The Labute approximate surface area is 160 Å². The second-order valence-electron chi connectivity index (χ2n) is 8.01. The molecule has 0 unspecified atom stereocenters. The van der Waals surface area contributed by atoms with Crippen molar-refractivity contribution in [3.8, 4) is 11.1 Å². The van der Waals surface area contributed by atoms with Crippen LogP contribution in [0.3, 0.4) is 0 Å². The van der Waals surface area contributed by atoms with Gasteiger partial charge in [-0.25, -0.2) is 9.97 Å². The molecule has 1 saturated carbocycles. The predicted octanol–water partition coefficient (Wildman–Crippen LogP) is 4.03. The SMILES string of the molecule is CN1CCN(c2cc(-c3c[nH]c4nc(C5CCCC5)ccc34)ccn2)CC1. The summed E-state index contributed by atoms with van der Waals surface area (Å²) in [7, 11) is 2.18. The van der Waals surface area contributed by atoms with Crippen molar-refractivity contribution < 1.29 is 0 Å². The highest BCUT2D eigenvalue weighted by Crippen LogP contribution is 2.35. The number of rotatable bonds is 3. The number of H-pyrrole nitrogens is 1. The second kappa shape index (κ2) is 6.97. The number of anilines is 1. The van der Waals surface area contributed by atoms with Gasteiger partial charge in [-0.1, -0.05) is 12.8 Å². The van der Waals surface area contributed by atoms with E-state index in [1.165, 1.54) is 47.9 Å². The first-order chi connectivity index (χ1) is 13.3. The van der Waals surface area contributed by atoms with Crippen molar-refractivity contribution in [2.24, 2.45) is 0 Å². The lowest BCUT2D eigenvalue weighted by Gasteiger charge is -2.33. The van der Waals surface area contributed by atoms with Gasteiger partial charge in [0.15, 0.2) is 0 Å². The van der Waals surface area contributed by atoms with Gasteiger partial charge in [0.25, 0.3) is 0 Å². The first-order valence-electron chi connectivity index (χ1n) is 10.2. The predicted molar refractivity (Wildman–Crippen MR) is 110 cm³/mol. The van der Waals surface area contributed by atoms with Crippen LogP contribution in [0.1, 0.15) is 37.3 Å². The molecule has 0 radical (unpaired) electrons. The number of piperazine rings is 1. The summed E-state index contributed by atoms with van der Waals surface area (Å²) in [6, 6.07) is 8.81. The van der Waals surface area contributed by atoms with Gasteiger partial charge in [-0.05, 0) is 49.7 Å². The highest BCUT2D eigenvalue weighted by molar-refractivity contribution is 5.94. The minimum absolute atomic E-state index is 0.644. The molecule has 2 fully saturated rings. The number of fused-ring (bicyclic) bond motifs is 1. The number of likely N-dealkylation sites (N-methyl/N-ethyl adjacent to an activating group) is 1. The van der Waals surface area contributed by atoms with Crippen LogP contribution in [-0.2, 0) is 0 Å². The van der Waals surface area contributed by atoms with Crippen molar-refractivity contribution in [2.45, 2.75) is 31.6 Å². The molecule has 2 aliphatic rings. The molecule has 5 nitrogen and oxygen atoms in total. The van der Waals surface area contributed by atoms with Gasteiger partial charge in [0.2, 0.25) is 0 Å². The van der Waals surface area contributed by atoms with Crippen molar-refractivity contribution in [1.82, 2.24) is 19.9 Å². The van der Waals surface area contributed by atoms with E-state index in [-0.39, 0.29) is 0 Å². The minimum atomic E-state index is 0.644. The molecule has 1 aliphatic heterocycles. The van der Waals surface area contributed by atoms with Crippen LogP contribution < -0.4 is 4.90 Å². The summed E-state index contributed by atoms with van der Waals surface area (Å²) in [6.45, 7) is 4.25. The lowest BCUT2D eigenvalue weighted by molar-refractivity contribution is 0.312. The topological polar surface area (TPSA) is 48.0 Å². The third kappa shape index (κ3) is 3.21. The quantitative estimate of drug-likeness (QED) is 0.765. The van der Waals surface area contributed by atoms with Crippen LogP contribution in [0.2, 0.25) is 0 Å². The lowest BCUT2D eigenvalue weighted by Crippen LogP contribution is -2.44. The van der Waals surface area contributed by atoms with Crippen LogP contribution in [0.25, 0.3) is 22.2 Å². The van der Waals surface area contributed by atoms with E-state index in [4.69, 9.17) is 4.98 Å². The largest absolute Gasteiger partial charge is 0.354 e. The van der Waals surface area contributed by atoms with E-state index >= 15 is 0 Å². The van der Waals surface area contributed by atoms with Crippen LogP contribution in [0.4, 0.5) is 5.82 Å². The molecule has 5 rings (SSSR count). The fourth-order valence-electron chi connectivity index (χ4n) is 4.50. The summed E-state index contributed by atoms with van der Waals surface area (Å²) in [5.74, 6) is 1.72. The maximum Gasteiger partial charge on any atom is 0.138 e. The number of aromatic nitrogens is 3. The molecule has 27 heavy (non-hydrogen) atoms. The van der Waals surface area contributed by atoms with E-state index in [9.17, 15) is 0 Å². The van der Waals surface area contributed by atoms with Crippen LogP contribution >= 0.6 is 0 Å². The van der Waals surface area contributed by atoms with E-state index in [0.717, 1.165) is 37.6 Å². The van der Waals surface area contributed by atoms with Crippen molar-refractivity contribution in [3.63, 3.8) is 0 Å². The molecule has 3 aromatic rings. The molecule has 0 bridgehead atoms. The van der Waals surface area contributed by atoms with Crippen LogP contribution in [0.5, 0.6) is 0 Å². The first kappa shape index (κ1) is 16.8. The number of nitrogens with zero attached hydrogens (tertiary/aromatic N) is 4. The first-order valence-corrected chi connectivity index (χ1v) is 10.2. The Morgan fingerprint density at radius 2 is 1.85 bits per heavy atom. The van der Waals surface area contributed by atoms with Gasteiger partial charge in [0.1, 0.15) is 11.5 Å². The zero-order valence-corrected chi connectivity index (χ0v) is 16.0. The molecule has 1 aliphatic carbocycles. The molecule has 0 atom stereocenters. The zero-order valence-electron chi connectivity index (χ0n) is 16.0. The third-order valence-electron chi connectivity index (χ3n) is 6.22. The van der Waals surface area contributed by atoms with E-state index < -0.39 is 0 Å². The Morgan fingerprint density at radius 3 is 2.67 bits per heavy atom. The molecule has 140 valence electrons. The highest BCUT2D eigenvalue weighted by atomic mass is 15.3. The molecular formula is C22H27N5. The summed E-state index contributed by atoms with van der Waals surface area (Å²) in [5, 5.41) is 1.20. The van der Waals surface area contributed by atoms with E-state index in [0.29, 0.717) is 5.92 Å². The average Bonchev–Trinajstić information content (AvgIpc) is 3.38. The van der Waals surface area contributed by atoms with Gasteiger partial charge in [-0.2, -0.15) is 0 Å². The third-order valence-corrected chi connectivity index (χ3v) is 6.22. The fourth-order valence-corrected chi connectivity index (χ4v) is 4.50. The lowest BCUT2D eigenvalue weighted by atomic mass is 10.0. The number of nitrogens with one attached hydrogen (secondary N) is 1. The molecule has 1 saturated heterocycles. The maximum atomic E-state index is 4.94. The summed E-state index contributed by atoms with van der Waals surface area (Å²) in [5.41, 5.74) is 4.68. The van der Waals surface area contributed by atoms with E-state index in [1.54, 1.807) is 0 Å². The number of pyridine rings is 2. The molecule has 5 heteroatoms. The molecule has 0 aromatic carbocycles. The average molecular weight is 361 g/mol. The Kier molecular flexibility index (Phi) is 4.32. The van der Waals surface area contributed by atoms with Gasteiger partial charge < -0.3 is 14.8 Å². The summed E-state index contributed by atoms with van der Waals surface area (Å²) >= 11 is 0. The van der Waals surface area contributed by atoms with Gasteiger partial charge in [0, 0.05) is 61.1 Å². The van der Waals surface area contributed by atoms with E-state index in [2.05, 4.69) is 57.3 Å². The number of hydrogen-bond donors (Lipinski definition) is 1. The fraction of sp³-hybridized carbons (Fsp3) is 0.455.